The van der Waals surface area contributed by atoms with Crippen LogP contribution in [0.15, 0.2) is 182 Å². The number of hydrogen-bond acceptors (Lipinski definition) is 11. The van der Waals surface area contributed by atoms with Gasteiger partial charge in [-0.3, -0.25) is 4.79 Å². The summed E-state index contributed by atoms with van der Waals surface area (Å²) in [6.07, 6.45) is 4.25. The molecule has 5 unspecified atom stereocenters. The van der Waals surface area contributed by atoms with E-state index in [9.17, 15) is 4.79 Å². The number of nitrogens with one attached hydrogen (secondary N) is 1. The molecule has 0 bridgehead atoms. The molecule has 2 saturated heterocycles. The maximum Gasteiger partial charge on any atom is 0.220 e. The van der Waals surface area contributed by atoms with Crippen molar-refractivity contribution in [3.8, 4) is 0 Å². The van der Waals surface area contributed by atoms with Crippen LogP contribution in [0.4, 0.5) is 0 Å². The van der Waals surface area contributed by atoms with Gasteiger partial charge in [0.15, 0.2) is 6.29 Å². The van der Waals surface area contributed by atoms with E-state index in [4.69, 9.17) is 47.4 Å². The van der Waals surface area contributed by atoms with Crippen LogP contribution < -0.4 is 5.32 Å². The summed E-state index contributed by atoms with van der Waals surface area (Å²) in [5.41, 5.74) is 6.05. The second-order valence-electron chi connectivity index (χ2n) is 21.3. The lowest BCUT2D eigenvalue weighted by Gasteiger charge is -2.46. The van der Waals surface area contributed by atoms with E-state index in [0.717, 1.165) is 111 Å². The van der Waals surface area contributed by atoms with Crippen molar-refractivity contribution in [3.63, 3.8) is 0 Å². The molecule has 0 saturated carbocycles. The molecule has 2 fully saturated rings. The van der Waals surface area contributed by atoms with Crippen molar-refractivity contribution < 1.29 is 52.2 Å². The number of unbranched alkanes of at least 4 members (excludes halogenated alkanes) is 5. The van der Waals surface area contributed by atoms with Gasteiger partial charge in [-0.2, -0.15) is 0 Å². The van der Waals surface area contributed by atoms with Crippen molar-refractivity contribution in [2.75, 3.05) is 39.6 Å². The average molecular weight is 1110 g/mol. The second-order valence-corrected chi connectivity index (χ2v) is 21.3. The summed E-state index contributed by atoms with van der Waals surface area (Å²) in [6, 6.07) is 59.9. The standard InChI is InChI=1S/C69H87NO11/c1-2-62(75-47-55-29-15-8-16-30-55)65(76-48-56-31-17-9-18-32-56)61(70-64(71)39-25-5-3-4-6-26-42-73-45-60-40-43-72-44-41-60)52-80-69-68(79-51-59-37-23-12-24-38-59)67(78-50-58-35-21-11-22-36-58)66(77-49-57-33-19-10-20-34-57)63(81-69)53-74-46-54-27-13-7-14-28-54/h7-24,27-38,60-63,65-69H,2-6,25-26,39-53H2,1H3,(H,70,71)/t61-,62+,63?,65-,66?,67?,68?,69?/m0/s1. The van der Waals surface area contributed by atoms with Crippen molar-refractivity contribution in [1.82, 2.24) is 5.32 Å². The zero-order valence-electron chi connectivity index (χ0n) is 47.6. The van der Waals surface area contributed by atoms with Gasteiger partial charge in [-0.05, 0) is 71.4 Å². The van der Waals surface area contributed by atoms with Crippen LogP contribution in [0.2, 0.25) is 0 Å². The number of amides is 1. The maximum absolute atomic E-state index is 14.4. The molecule has 6 aromatic carbocycles. The van der Waals surface area contributed by atoms with E-state index in [1.807, 2.05) is 170 Å². The van der Waals surface area contributed by atoms with Gasteiger partial charge in [0.05, 0.1) is 65.0 Å². The maximum atomic E-state index is 14.4. The fourth-order valence-corrected chi connectivity index (χ4v) is 10.4. The lowest BCUT2D eigenvalue weighted by molar-refractivity contribution is -0.330. The Hall–Kier alpha value is -5.61. The zero-order chi connectivity index (χ0) is 55.8. The van der Waals surface area contributed by atoms with Gasteiger partial charge in [0, 0.05) is 32.8 Å². The zero-order valence-corrected chi connectivity index (χ0v) is 47.6. The van der Waals surface area contributed by atoms with Crippen LogP contribution >= 0.6 is 0 Å². The molecular weight excluding hydrogens is 1020 g/mol. The molecule has 1 amide bonds. The Morgan fingerprint density at radius 3 is 1.48 bits per heavy atom. The largest absolute Gasteiger partial charge is 0.381 e. The Labute approximate surface area is 482 Å². The summed E-state index contributed by atoms with van der Waals surface area (Å²) in [4.78, 5) is 14.4. The third kappa shape index (κ3) is 21.9. The number of carbonyl (C=O) groups excluding carboxylic acids is 1. The monoisotopic (exact) mass is 1110 g/mol. The topological polar surface area (TPSA) is 121 Å². The van der Waals surface area contributed by atoms with Gasteiger partial charge in [0.25, 0.3) is 0 Å². The Morgan fingerprint density at radius 1 is 0.494 bits per heavy atom. The van der Waals surface area contributed by atoms with Crippen molar-refractivity contribution >= 4 is 5.91 Å². The SMILES string of the molecule is CC[C@@H](OCc1ccccc1)[C@@H](OCc1ccccc1)[C@H](COC1OC(COCc2ccccc2)C(OCc2ccccc2)C(OCc2ccccc2)C1OCc1ccccc1)NC(=O)CCCCCCCCOCC1CCOCC1. The molecule has 0 radical (unpaired) electrons. The van der Waals surface area contributed by atoms with Gasteiger partial charge in [-0.25, -0.2) is 0 Å². The molecule has 2 aliphatic rings. The van der Waals surface area contributed by atoms with Gasteiger partial charge in [-0.15, -0.1) is 0 Å². The second kappa shape index (κ2) is 36.1. The normalized spacial score (nSPS) is 19.6. The molecule has 12 heteroatoms. The van der Waals surface area contributed by atoms with E-state index in [1.165, 1.54) is 0 Å². The number of benzene rings is 6. The van der Waals surface area contributed by atoms with Crippen LogP contribution in [0.1, 0.15) is 105 Å². The predicted molar refractivity (Wildman–Crippen MR) is 315 cm³/mol. The van der Waals surface area contributed by atoms with Crippen molar-refractivity contribution in [3.05, 3.63) is 215 Å². The summed E-state index contributed by atoms with van der Waals surface area (Å²) in [6.45, 7) is 7.43. The fraction of sp³-hybridized carbons (Fsp3) is 0.464. The molecule has 81 heavy (non-hydrogen) atoms. The van der Waals surface area contributed by atoms with Gasteiger partial charge < -0.3 is 52.7 Å². The van der Waals surface area contributed by atoms with E-state index < -0.39 is 49.0 Å². The van der Waals surface area contributed by atoms with E-state index in [2.05, 4.69) is 24.4 Å². The molecule has 0 aromatic heterocycles. The van der Waals surface area contributed by atoms with Crippen LogP contribution in [-0.2, 0) is 91.8 Å². The molecule has 12 nitrogen and oxygen atoms in total. The number of hydrogen-bond donors (Lipinski definition) is 1. The Balaban J connectivity index is 1.05. The smallest absolute Gasteiger partial charge is 0.220 e. The minimum absolute atomic E-state index is 0.00138. The number of ether oxygens (including phenoxy) is 10. The Bertz CT molecular complexity index is 2540. The summed E-state index contributed by atoms with van der Waals surface area (Å²) in [5, 5.41) is 3.43. The number of carbonyl (C=O) groups is 1. The molecule has 0 spiro atoms. The van der Waals surface area contributed by atoms with E-state index in [1.54, 1.807) is 0 Å². The first kappa shape index (κ1) is 61.5. The lowest BCUT2D eigenvalue weighted by atomic mass is 9.97. The summed E-state index contributed by atoms with van der Waals surface area (Å²) in [5.74, 6) is 0.537. The first-order chi connectivity index (χ1) is 40.1. The first-order valence-electron chi connectivity index (χ1n) is 29.7. The van der Waals surface area contributed by atoms with E-state index in [0.29, 0.717) is 45.2 Å². The van der Waals surface area contributed by atoms with E-state index in [-0.39, 0.29) is 32.3 Å². The molecule has 8 rings (SSSR count). The van der Waals surface area contributed by atoms with Crippen LogP contribution in [0.25, 0.3) is 0 Å². The highest BCUT2D eigenvalue weighted by Gasteiger charge is 2.50. The van der Waals surface area contributed by atoms with E-state index >= 15 is 0 Å². The summed E-state index contributed by atoms with van der Waals surface area (Å²) < 4.78 is 67.1. The number of rotatable bonds is 37. The van der Waals surface area contributed by atoms with Crippen molar-refractivity contribution in [2.45, 2.75) is 160 Å². The van der Waals surface area contributed by atoms with Gasteiger partial charge >= 0.3 is 0 Å². The molecule has 0 aliphatic carbocycles. The van der Waals surface area contributed by atoms with Crippen LogP contribution in [0.3, 0.4) is 0 Å². The average Bonchev–Trinajstić information content (AvgIpc) is 3.64. The lowest BCUT2D eigenvalue weighted by Crippen LogP contribution is -2.62. The molecular formula is C69H87NO11. The minimum Gasteiger partial charge on any atom is -0.381 e. The Morgan fingerprint density at radius 2 is 0.951 bits per heavy atom. The highest BCUT2D eigenvalue weighted by Crippen LogP contribution is 2.33. The van der Waals surface area contributed by atoms with Crippen molar-refractivity contribution in [1.29, 1.82) is 0 Å². The summed E-state index contributed by atoms with van der Waals surface area (Å²) >= 11 is 0. The quantitative estimate of drug-likeness (QED) is 0.0375. The van der Waals surface area contributed by atoms with Gasteiger partial charge in [0.2, 0.25) is 5.91 Å². The fourth-order valence-electron chi connectivity index (χ4n) is 10.4. The minimum atomic E-state index is -1.01. The third-order valence-electron chi connectivity index (χ3n) is 15.0. The van der Waals surface area contributed by atoms with Gasteiger partial charge in [-0.1, -0.05) is 215 Å². The van der Waals surface area contributed by atoms with Gasteiger partial charge in [0.1, 0.15) is 30.5 Å². The summed E-state index contributed by atoms with van der Waals surface area (Å²) in [7, 11) is 0. The molecule has 2 heterocycles. The molecule has 434 valence electrons. The molecule has 1 N–H and O–H groups in total. The predicted octanol–water partition coefficient (Wildman–Crippen LogP) is 12.9. The molecule has 2 aliphatic heterocycles. The first-order valence-corrected chi connectivity index (χ1v) is 29.7. The van der Waals surface area contributed by atoms with Crippen LogP contribution in [0, 0.1) is 5.92 Å². The third-order valence-corrected chi connectivity index (χ3v) is 15.0. The van der Waals surface area contributed by atoms with Crippen LogP contribution in [0.5, 0.6) is 0 Å². The Kier molecular flexibility index (Phi) is 27.4. The highest BCUT2D eigenvalue weighted by atomic mass is 16.7. The van der Waals surface area contributed by atoms with Crippen LogP contribution in [-0.4, -0.2) is 94.5 Å². The van der Waals surface area contributed by atoms with Crippen molar-refractivity contribution in [2.24, 2.45) is 5.92 Å². The molecule has 8 atom stereocenters. The highest BCUT2D eigenvalue weighted by molar-refractivity contribution is 5.76. The molecule has 6 aromatic rings.